The normalized spacial score (nSPS) is 16.5. The van der Waals surface area contributed by atoms with E-state index in [4.69, 9.17) is 0 Å². The van der Waals surface area contributed by atoms with Crippen molar-refractivity contribution >= 4 is 11.6 Å². The minimum Gasteiger partial charge on any atom is -0.389 e. The highest BCUT2D eigenvalue weighted by Gasteiger charge is 2.33. The number of para-hydroxylation sites is 1. The molecule has 0 saturated carbocycles. The van der Waals surface area contributed by atoms with Crippen molar-refractivity contribution in [3.63, 3.8) is 0 Å². The van der Waals surface area contributed by atoms with E-state index in [0.29, 0.717) is 24.8 Å². The summed E-state index contributed by atoms with van der Waals surface area (Å²) in [5.41, 5.74) is 3.37. The average molecular weight is 338 g/mol. The van der Waals surface area contributed by atoms with Crippen molar-refractivity contribution in [1.29, 1.82) is 0 Å². The van der Waals surface area contributed by atoms with Gasteiger partial charge in [0.15, 0.2) is 0 Å². The lowest BCUT2D eigenvalue weighted by molar-refractivity contribution is 0.0165. The molecule has 0 bridgehead atoms. The number of hydrogen-bond donors (Lipinski definition) is 2. The molecular weight excluding hydrogens is 312 g/mol. The Bertz CT molecular complexity index is 732. The largest absolute Gasteiger partial charge is 0.389 e. The third kappa shape index (κ3) is 4.02. The van der Waals surface area contributed by atoms with Gasteiger partial charge in [-0.3, -0.25) is 4.79 Å². The molecule has 2 aromatic carbocycles. The minimum atomic E-state index is -0.673. The van der Waals surface area contributed by atoms with Crippen molar-refractivity contribution in [3.05, 3.63) is 65.2 Å². The van der Waals surface area contributed by atoms with Crippen LogP contribution in [0.5, 0.6) is 0 Å². The summed E-state index contributed by atoms with van der Waals surface area (Å²) in [6.45, 7) is 3.56. The highest BCUT2D eigenvalue weighted by atomic mass is 16.3. The molecule has 0 aromatic heterocycles. The van der Waals surface area contributed by atoms with Gasteiger partial charge in [0.05, 0.1) is 11.2 Å². The van der Waals surface area contributed by atoms with Crippen LogP contribution in [0, 0.1) is 6.92 Å². The topological polar surface area (TPSA) is 52.6 Å². The monoisotopic (exact) mass is 338 g/mol. The van der Waals surface area contributed by atoms with E-state index >= 15 is 0 Å². The van der Waals surface area contributed by atoms with E-state index in [0.717, 1.165) is 18.8 Å². The number of aliphatic hydroxyl groups is 1. The van der Waals surface area contributed by atoms with Gasteiger partial charge in [-0.2, -0.15) is 0 Å². The van der Waals surface area contributed by atoms with Crippen LogP contribution in [-0.4, -0.2) is 36.8 Å². The molecule has 1 aliphatic rings. The first-order valence-electron chi connectivity index (χ1n) is 8.85. The van der Waals surface area contributed by atoms with Crippen molar-refractivity contribution in [3.8, 4) is 0 Å². The number of carbonyl (C=O) groups excluding carboxylic acids is 1. The summed E-state index contributed by atoms with van der Waals surface area (Å²) >= 11 is 0. The Balaban J connectivity index is 1.69. The number of nitrogens with one attached hydrogen (secondary N) is 1. The molecule has 0 atom stereocenters. The maximum atomic E-state index is 12.1. The predicted octanol–water partition coefficient (Wildman–Crippen LogP) is 2.93. The SMILES string of the molecule is CNC(=O)c1ccccc1N1CCC(O)(Cc2ccc(C)cc2)CC1. The molecule has 2 N–H and O–H groups in total. The summed E-state index contributed by atoms with van der Waals surface area (Å²) in [5, 5.41) is 13.7. The Labute approximate surface area is 149 Å². The van der Waals surface area contributed by atoms with Crippen LogP contribution in [0.2, 0.25) is 0 Å². The molecule has 0 radical (unpaired) electrons. The Morgan fingerprint density at radius 1 is 1.12 bits per heavy atom. The van der Waals surface area contributed by atoms with Gasteiger partial charge in [0.1, 0.15) is 0 Å². The van der Waals surface area contributed by atoms with Crippen molar-refractivity contribution in [2.45, 2.75) is 31.8 Å². The standard InChI is InChI=1S/C21H26N2O2/c1-16-7-9-17(10-8-16)15-21(25)11-13-23(14-12-21)19-6-4-3-5-18(19)20(24)22-2/h3-10,25H,11-15H2,1-2H3,(H,22,24). The zero-order valence-electron chi connectivity index (χ0n) is 15.0. The number of piperidine rings is 1. The molecule has 1 aliphatic heterocycles. The second kappa shape index (κ2) is 7.28. The summed E-state index contributed by atoms with van der Waals surface area (Å²) < 4.78 is 0. The number of benzene rings is 2. The van der Waals surface area contributed by atoms with E-state index in [9.17, 15) is 9.90 Å². The second-order valence-electron chi connectivity index (χ2n) is 6.97. The fraction of sp³-hybridized carbons (Fsp3) is 0.381. The maximum Gasteiger partial charge on any atom is 0.253 e. The van der Waals surface area contributed by atoms with Gasteiger partial charge < -0.3 is 15.3 Å². The quantitative estimate of drug-likeness (QED) is 0.901. The van der Waals surface area contributed by atoms with Gasteiger partial charge in [-0.25, -0.2) is 0 Å². The number of hydrogen-bond acceptors (Lipinski definition) is 3. The summed E-state index contributed by atoms with van der Waals surface area (Å²) in [6, 6.07) is 16.0. The fourth-order valence-corrected chi connectivity index (χ4v) is 3.50. The molecule has 0 spiro atoms. The number of carbonyl (C=O) groups is 1. The number of rotatable bonds is 4. The van der Waals surface area contributed by atoms with Gasteiger partial charge in [-0.15, -0.1) is 0 Å². The molecular formula is C21H26N2O2. The number of amides is 1. The molecule has 4 nitrogen and oxygen atoms in total. The van der Waals surface area contributed by atoms with Gasteiger partial charge in [0, 0.05) is 32.2 Å². The first-order chi connectivity index (χ1) is 12.0. The van der Waals surface area contributed by atoms with Crippen LogP contribution in [0.25, 0.3) is 0 Å². The highest BCUT2D eigenvalue weighted by molar-refractivity contribution is 5.99. The molecule has 1 heterocycles. The number of anilines is 1. The Morgan fingerprint density at radius 3 is 2.40 bits per heavy atom. The third-order valence-corrected chi connectivity index (χ3v) is 5.06. The van der Waals surface area contributed by atoms with E-state index in [1.54, 1.807) is 7.05 Å². The Kier molecular flexibility index (Phi) is 5.09. The lowest BCUT2D eigenvalue weighted by atomic mass is 9.85. The van der Waals surface area contributed by atoms with Crippen LogP contribution in [0.3, 0.4) is 0 Å². The van der Waals surface area contributed by atoms with Crippen LogP contribution in [-0.2, 0) is 6.42 Å². The van der Waals surface area contributed by atoms with E-state index in [-0.39, 0.29) is 5.91 Å². The average Bonchev–Trinajstić information content (AvgIpc) is 2.63. The van der Waals surface area contributed by atoms with E-state index in [1.165, 1.54) is 11.1 Å². The molecule has 2 aromatic rings. The molecule has 1 saturated heterocycles. The van der Waals surface area contributed by atoms with E-state index < -0.39 is 5.60 Å². The zero-order valence-corrected chi connectivity index (χ0v) is 15.0. The third-order valence-electron chi connectivity index (χ3n) is 5.06. The smallest absolute Gasteiger partial charge is 0.253 e. The van der Waals surface area contributed by atoms with Gasteiger partial charge in [0.25, 0.3) is 5.91 Å². The van der Waals surface area contributed by atoms with Crippen molar-refractivity contribution in [1.82, 2.24) is 5.32 Å². The second-order valence-corrected chi connectivity index (χ2v) is 6.97. The molecule has 4 heteroatoms. The molecule has 1 amide bonds. The molecule has 3 rings (SSSR count). The number of aryl methyl sites for hydroxylation is 1. The maximum absolute atomic E-state index is 12.1. The first kappa shape index (κ1) is 17.5. The minimum absolute atomic E-state index is 0.0731. The van der Waals surface area contributed by atoms with Crippen LogP contribution < -0.4 is 10.2 Å². The number of nitrogens with zero attached hydrogens (tertiary/aromatic N) is 1. The zero-order chi connectivity index (χ0) is 17.9. The molecule has 1 fully saturated rings. The van der Waals surface area contributed by atoms with Crippen LogP contribution >= 0.6 is 0 Å². The van der Waals surface area contributed by atoms with Crippen LogP contribution in [0.4, 0.5) is 5.69 Å². The van der Waals surface area contributed by atoms with E-state index in [2.05, 4.69) is 41.4 Å². The summed E-state index contributed by atoms with van der Waals surface area (Å²) in [5.74, 6) is -0.0731. The van der Waals surface area contributed by atoms with Crippen molar-refractivity contribution in [2.75, 3.05) is 25.0 Å². The van der Waals surface area contributed by atoms with Gasteiger partial charge >= 0.3 is 0 Å². The Hall–Kier alpha value is -2.33. The lowest BCUT2D eigenvalue weighted by Crippen LogP contribution is -2.46. The lowest BCUT2D eigenvalue weighted by Gasteiger charge is -2.40. The predicted molar refractivity (Wildman–Crippen MR) is 101 cm³/mol. The van der Waals surface area contributed by atoms with Gasteiger partial charge in [-0.05, 0) is 37.5 Å². The fourth-order valence-electron chi connectivity index (χ4n) is 3.50. The van der Waals surface area contributed by atoms with Crippen molar-refractivity contribution in [2.24, 2.45) is 0 Å². The van der Waals surface area contributed by atoms with Crippen LogP contribution in [0.15, 0.2) is 48.5 Å². The van der Waals surface area contributed by atoms with Gasteiger partial charge in [-0.1, -0.05) is 42.0 Å². The van der Waals surface area contributed by atoms with Crippen LogP contribution in [0.1, 0.15) is 34.3 Å². The molecule has 0 unspecified atom stereocenters. The summed E-state index contributed by atoms with van der Waals surface area (Å²) in [7, 11) is 1.65. The molecule has 0 aliphatic carbocycles. The Morgan fingerprint density at radius 2 is 1.76 bits per heavy atom. The van der Waals surface area contributed by atoms with Gasteiger partial charge in [0.2, 0.25) is 0 Å². The molecule has 25 heavy (non-hydrogen) atoms. The summed E-state index contributed by atoms with van der Waals surface area (Å²) in [4.78, 5) is 14.3. The van der Waals surface area contributed by atoms with E-state index in [1.807, 2.05) is 24.3 Å². The molecule has 132 valence electrons. The highest BCUT2D eigenvalue weighted by Crippen LogP contribution is 2.31. The van der Waals surface area contributed by atoms with Crippen molar-refractivity contribution < 1.29 is 9.90 Å². The summed E-state index contributed by atoms with van der Waals surface area (Å²) in [6.07, 6.45) is 2.07. The first-order valence-corrected chi connectivity index (χ1v) is 8.85.